The first-order chi connectivity index (χ1) is 33.2. The number of carbonyl (C=O) groups excluding carboxylic acids is 6. The highest BCUT2D eigenvalue weighted by Gasteiger charge is 2.39. The third kappa shape index (κ3) is 21.7. The van der Waals surface area contributed by atoms with Crippen LogP contribution in [0.2, 0.25) is 0 Å². The smallest absolute Gasteiger partial charge is 0.417 e. The van der Waals surface area contributed by atoms with Crippen LogP contribution in [-0.2, 0) is 92.3 Å². The molecule has 69 heavy (non-hydrogen) atoms. The van der Waals surface area contributed by atoms with Gasteiger partial charge in [-0.15, -0.1) is 0 Å². The molecule has 0 aliphatic carbocycles. The van der Waals surface area contributed by atoms with Gasteiger partial charge in [0.1, 0.15) is 50.8 Å². The van der Waals surface area contributed by atoms with Crippen molar-refractivity contribution in [3.63, 3.8) is 0 Å². The second kappa shape index (κ2) is 31.7. The van der Waals surface area contributed by atoms with Crippen molar-refractivity contribution < 1.29 is 71.4 Å². The highest BCUT2D eigenvalue weighted by molar-refractivity contribution is 6.30. The number of benzene rings is 3. The highest BCUT2D eigenvalue weighted by Crippen LogP contribution is 2.31. The molecule has 3 aromatic rings. The summed E-state index contributed by atoms with van der Waals surface area (Å²) < 4.78 is 47.4. The van der Waals surface area contributed by atoms with E-state index in [-0.39, 0.29) is 44.2 Å². The Morgan fingerprint density at radius 1 is 0.449 bits per heavy atom. The number of unbranched alkanes of at least 4 members (excludes halogenated alkanes) is 5. The largest absolute Gasteiger partial charge is 0.492 e. The van der Waals surface area contributed by atoms with Gasteiger partial charge in [-0.2, -0.15) is 0 Å². The van der Waals surface area contributed by atoms with Crippen molar-refractivity contribution in [2.24, 2.45) is 5.41 Å². The minimum atomic E-state index is -1.73. The molecular formula is C54H70O15. The zero-order chi connectivity index (χ0) is 50.4. The molecule has 15 nitrogen and oxygen atoms in total. The van der Waals surface area contributed by atoms with Gasteiger partial charge in [0, 0.05) is 25.4 Å². The molecule has 3 aromatic carbocycles. The average molecular weight is 959 g/mol. The van der Waals surface area contributed by atoms with E-state index in [2.05, 4.69) is 68.6 Å². The van der Waals surface area contributed by atoms with Gasteiger partial charge in [0.05, 0.1) is 19.8 Å². The van der Waals surface area contributed by atoms with Crippen LogP contribution in [-0.4, -0.2) is 109 Å². The molecule has 15 heteroatoms. The molecule has 0 atom stereocenters. The van der Waals surface area contributed by atoms with Gasteiger partial charge >= 0.3 is 35.8 Å². The van der Waals surface area contributed by atoms with Crippen molar-refractivity contribution in [2.45, 2.75) is 91.4 Å². The van der Waals surface area contributed by atoms with Crippen LogP contribution in [0, 0.1) is 5.41 Å². The zero-order valence-electron chi connectivity index (χ0n) is 41.0. The number of carbonyl (C=O) groups is 6. The molecule has 0 aliphatic heterocycles. The van der Waals surface area contributed by atoms with E-state index >= 15 is 0 Å². The van der Waals surface area contributed by atoms with Crippen molar-refractivity contribution in [2.75, 3.05) is 73.7 Å². The van der Waals surface area contributed by atoms with E-state index in [9.17, 15) is 28.8 Å². The predicted molar refractivity (Wildman–Crippen MR) is 258 cm³/mol. The molecule has 0 heterocycles. The van der Waals surface area contributed by atoms with E-state index in [1.54, 1.807) is 13.0 Å². The third-order valence-corrected chi connectivity index (χ3v) is 10.8. The molecule has 0 amide bonds. The molecule has 0 fully saturated rings. The minimum Gasteiger partial charge on any atom is -0.492 e. The topological polar surface area (TPSA) is 185 Å². The fraction of sp³-hybridized carbons (Fsp3) is 0.481. The van der Waals surface area contributed by atoms with E-state index < -0.39 is 67.7 Å². The molecule has 0 saturated carbocycles. The summed E-state index contributed by atoms with van der Waals surface area (Å²) in [5, 5.41) is 0. The van der Waals surface area contributed by atoms with E-state index in [4.69, 9.17) is 42.6 Å². The summed E-state index contributed by atoms with van der Waals surface area (Å²) in [5.41, 5.74) is 4.91. The van der Waals surface area contributed by atoms with E-state index in [0.29, 0.717) is 24.2 Å². The van der Waals surface area contributed by atoms with Crippen LogP contribution < -0.4 is 4.74 Å². The quantitative estimate of drug-likeness (QED) is 0.0192. The van der Waals surface area contributed by atoms with Gasteiger partial charge in [0.25, 0.3) is 0 Å². The monoisotopic (exact) mass is 958 g/mol. The van der Waals surface area contributed by atoms with Gasteiger partial charge < -0.3 is 42.6 Å². The second-order valence-electron chi connectivity index (χ2n) is 16.9. The fourth-order valence-electron chi connectivity index (χ4n) is 6.71. The van der Waals surface area contributed by atoms with E-state index in [1.807, 2.05) is 12.1 Å². The lowest BCUT2D eigenvalue weighted by Crippen LogP contribution is -2.45. The number of aryl methyl sites for hydroxylation is 4. The van der Waals surface area contributed by atoms with Crippen molar-refractivity contribution >= 4 is 35.8 Å². The van der Waals surface area contributed by atoms with Crippen molar-refractivity contribution in [1.82, 2.24) is 0 Å². The summed E-state index contributed by atoms with van der Waals surface area (Å²) >= 11 is 0. The summed E-state index contributed by atoms with van der Waals surface area (Å²) in [5.74, 6) is -6.49. The zero-order valence-corrected chi connectivity index (χ0v) is 41.0. The van der Waals surface area contributed by atoms with Crippen LogP contribution in [0.5, 0.6) is 5.75 Å². The first-order valence-corrected chi connectivity index (χ1v) is 23.4. The number of hydrogen-bond donors (Lipinski definition) is 0. The standard InChI is InChI=1S/C54H70O15/c1-8-9-10-11-12-13-15-41-17-19-42(20-18-41)21-22-43-23-25-44(26-24-43)45-27-28-47(46(34-45)16-14-29-63-48(55)39(2)3)66-35-54(36-67-49(56)40(4)5,37-68-52(59)50(57)64-32-30-61-6)38-69-53(60)51(58)65-33-31-62-7/h17-20,23-28,34H,2,4,8-16,21-22,29-33,35-38H2,1,3,5-7H3. The number of rotatable bonds is 32. The van der Waals surface area contributed by atoms with Crippen LogP contribution in [0.15, 0.2) is 91.0 Å². The highest BCUT2D eigenvalue weighted by atomic mass is 16.6. The summed E-state index contributed by atoms with van der Waals surface area (Å²) in [4.78, 5) is 75.4. The lowest BCUT2D eigenvalue weighted by molar-refractivity contribution is -0.179. The average Bonchev–Trinajstić information content (AvgIpc) is 3.35. The number of ether oxygens (including phenoxy) is 9. The van der Waals surface area contributed by atoms with Crippen molar-refractivity contribution in [3.8, 4) is 16.9 Å². The van der Waals surface area contributed by atoms with Gasteiger partial charge in [0.15, 0.2) is 0 Å². The van der Waals surface area contributed by atoms with Crippen molar-refractivity contribution in [1.29, 1.82) is 0 Å². The van der Waals surface area contributed by atoms with Gasteiger partial charge in [-0.25, -0.2) is 28.8 Å². The number of methoxy groups -OCH3 is 2. The minimum absolute atomic E-state index is 0.0156. The van der Waals surface area contributed by atoms with Crippen LogP contribution in [0.3, 0.4) is 0 Å². The first kappa shape index (κ1) is 57.0. The van der Waals surface area contributed by atoms with Gasteiger partial charge in [0.2, 0.25) is 0 Å². The first-order valence-electron chi connectivity index (χ1n) is 23.4. The van der Waals surface area contributed by atoms with Gasteiger partial charge in [-0.3, -0.25) is 0 Å². The van der Waals surface area contributed by atoms with Crippen LogP contribution in [0.25, 0.3) is 11.1 Å². The molecule has 0 unspecified atom stereocenters. The molecule has 376 valence electrons. The molecule has 0 spiro atoms. The molecular weight excluding hydrogens is 889 g/mol. The fourth-order valence-corrected chi connectivity index (χ4v) is 6.71. The maximum absolute atomic E-state index is 12.8. The van der Waals surface area contributed by atoms with E-state index in [0.717, 1.165) is 30.4 Å². The molecule has 0 bridgehead atoms. The molecule has 3 rings (SSSR count). The summed E-state index contributed by atoms with van der Waals surface area (Å²) in [6.07, 6.45) is 11.3. The Kier molecular flexibility index (Phi) is 26.2. The second-order valence-corrected chi connectivity index (χ2v) is 16.9. The number of hydrogen-bond acceptors (Lipinski definition) is 15. The summed E-state index contributed by atoms with van der Waals surface area (Å²) in [6.45, 7) is 9.60. The lowest BCUT2D eigenvalue weighted by atomic mass is 9.91. The predicted octanol–water partition coefficient (Wildman–Crippen LogP) is 8.04. The summed E-state index contributed by atoms with van der Waals surface area (Å²) in [7, 11) is 2.77. The van der Waals surface area contributed by atoms with E-state index in [1.165, 1.54) is 76.4 Å². The Hall–Kier alpha value is -6.32. The van der Waals surface area contributed by atoms with Crippen LogP contribution in [0.4, 0.5) is 0 Å². The van der Waals surface area contributed by atoms with Crippen LogP contribution in [0.1, 0.15) is 88.0 Å². The molecule has 0 aromatic heterocycles. The SMILES string of the molecule is C=C(C)C(=O)OCCCc1cc(-c2ccc(CCc3ccc(CCCCCCCC)cc3)cc2)ccc1OCC(COC(=O)C(=C)C)(COC(=O)C(=O)OCCOC)COC(=O)C(=O)OCCOC. The Morgan fingerprint density at radius 2 is 0.884 bits per heavy atom. The molecule has 0 radical (unpaired) electrons. The van der Waals surface area contributed by atoms with Crippen molar-refractivity contribution in [3.05, 3.63) is 113 Å². The normalized spacial score (nSPS) is 11.0. The summed E-state index contributed by atoms with van der Waals surface area (Å²) in [6, 6.07) is 22.8. The maximum Gasteiger partial charge on any atom is 0.417 e. The molecule has 0 saturated heterocycles. The Labute approximate surface area is 406 Å². The van der Waals surface area contributed by atoms with Crippen LogP contribution >= 0.6 is 0 Å². The van der Waals surface area contributed by atoms with Gasteiger partial charge in [-0.1, -0.05) is 107 Å². The molecule has 0 N–H and O–H groups in total. The Morgan fingerprint density at radius 3 is 1.41 bits per heavy atom. The molecule has 0 aliphatic rings. The third-order valence-electron chi connectivity index (χ3n) is 10.8. The lowest BCUT2D eigenvalue weighted by Gasteiger charge is -2.32. The number of esters is 6. The Bertz CT molecular complexity index is 2090. The Balaban J connectivity index is 1.88. The maximum atomic E-state index is 12.8. The van der Waals surface area contributed by atoms with Gasteiger partial charge in [-0.05, 0) is 97.9 Å².